The highest BCUT2D eigenvalue weighted by atomic mass is 127. The van der Waals surface area contributed by atoms with Crippen molar-refractivity contribution in [1.29, 1.82) is 0 Å². The summed E-state index contributed by atoms with van der Waals surface area (Å²) in [4.78, 5) is 28.2. The van der Waals surface area contributed by atoms with Gasteiger partial charge in [-0.05, 0) is 40.8 Å². The first-order chi connectivity index (χ1) is 13.5. The van der Waals surface area contributed by atoms with Gasteiger partial charge in [-0.25, -0.2) is 0 Å². The topological polar surface area (TPSA) is 124 Å². The Morgan fingerprint density at radius 1 is 1.25 bits per heavy atom. The molecule has 0 aliphatic heterocycles. The lowest BCUT2D eigenvalue weighted by atomic mass is 10.2. The average molecular weight is 496 g/mol. The normalized spacial score (nSPS) is 10.5. The third kappa shape index (κ3) is 5.28. The summed E-state index contributed by atoms with van der Waals surface area (Å²) in [6, 6.07) is 6.79. The van der Waals surface area contributed by atoms with E-state index in [1.165, 1.54) is 7.11 Å². The van der Waals surface area contributed by atoms with Crippen LogP contribution in [0.4, 0.5) is 0 Å². The number of aromatic nitrogens is 4. The SMILES string of the molecule is COc1cccc(C(=O)NCCNC(=O)c2nc(Cn3cc(I)cn3)no2)c1. The first-order valence-corrected chi connectivity index (χ1v) is 9.34. The van der Waals surface area contributed by atoms with Crippen LogP contribution in [0, 0.1) is 3.57 Å². The fraction of sp³-hybridized carbons (Fsp3) is 0.235. The molecule has 0 saturated heterocycles. The molecule has 146 valence electrons. The Morgan fingerprint density at radius 2 is 2.04 bits per heavy atom. The van der Waals surface area contributed by atoms with Crippen LogP contribution in [-0.2, 0) is 6.54 Å². The summed E-state index contributed by atoms with van der Waals surface area (Å²) in [7, 11) is 1.53. The number of carbonyl (C=O) groups is 2. The first kappa shape index (κ1) is 19.8. The minimum absolute atomic E-state index is 0.143. The van der Waals surface area contributed by atoms with Crippen molar-refractivity contribution >= 4 is 34.4 Å². The molecule has 2 N–H and O–H groups in total. The van der Waals surface area contributed by atoms with Gasteiger partial charge >= 0.3 is 11.8 Å². The summed E-state index contributed by atoms with van der Waals surface area (Å²) < 4.78 is 12.7. The van der Waals surface area contributed by atoms with Crippen LogP contribution in [-0.4, -0.2) is 51.9 Å². The van der Waals surface area contributed by atoms with Crippen molar-refractivity contribution in [2.24, 2.45) is 0 Å². The molecular weight excluding hydrogens is 479 g/mol. The monoisotopic (exact) mass is 496 g/mol. The summed E-state index contributed by atoms with van der Waals surface area (Å²) in [6.07, 6.45) is 3.52. The maximum absolute atomic E-state index is 12.1. The van der Waals surface area contributed by atoms with Crippen LogP contribution in [0.5, 0.6) is 5.75 Å². The molecule has 11 heteroatoms. The molecule has 2 heterocycles. The zero-order valence-corrected chi connectivity index (χ0v) is 17.0. The highest BCUT2D eigenvalue weighted by Gasteiger charge is 2.15. The van der Waals surface area contributed by atoms with Gasteiger partial charge in [-0.3, -0.25) is 14.3 Å². The van der Waals surface area contributed by atoms with Gasteiger partial charge in [0.15, 0.2) is 5.82 Å². The van der Waals surface area contributed by atoms with Crippen molar-refractivity contribution in [2.75, 3.05) is 20.2 Å². The maximum atomic E-state index is 12.1. The van der Waals surface area contributed by atoms with E-state index in [0.29, 0.717) is 23.7 Å². The molecule has 0 fully saturated rings. The van der Waals surface area contributed by atoms with Crippen molar-refractivity contribution in [1.82, 2.24) is 30.6 Å². The van der Waals surface area contributed by atoms with Crippen LogP contribution in [0.1, 0.15) is 26.9 Å². The lowest BCUT2D eigenvalue weighted by molar-refractivity contribution is 0.0898. The Kier molecular flexibility index (Phi) is 6.57. The Labute approximate surface area is 173 Å². The number of hydrogen-bond acceptors (Lipinski definition) is 7. The van der Waals surface area contributed by atoms with Gasteiger partial charge in [-0.15, -0.1) is 0 Å². The van der Waals surface area contributed by atoms with E-state index in [-0.39, 0.29) is 24.9 Å². The van der Waals surface area contributed by atoms with Crippen LogP contribution in [0.15, 0.2) is 41.2 Å². The predicted molar refractivity (Wildman–Crippen MR) is 106 cm³/mol. The Morgan fingerprint density at radius 3 is 2.75 bits per heavy atom. The van der Waals surface area contributed by atoms with Crippen LogP contribution in [0.3, 0.4) is 0 Å². The molecule has 0 radical (unpaired) electrons. The second kappa shape index (κ2) is 9.30. The van der Waals surface area contributed by atoms with Gasteiger partial charge in [0.25, 0.3) is 5.91 Å². The summed E-state index contributed by atoms with van der Waals surface area (Å²) in [5.74, 6) is 0.0245. The van der Waals surface area contributed by atoms with Gasteiger partial charge in [0.2, 0.25) is 0 Å². The van der Waals surface area contributed by atoms with Gasteiger partial charge < -0.3 is 19.9 Å². The van der Waals surface area contributed by atoms with E-state index in [1.807, 2.05) is 6.20 Å². The standard InChI is InChI=1S/C17H17IN6O4/c1-27-13-4-2-3-11(7-13)15(25)19-5-6-20-16(26)17-22-14(23-28-17)10-24-9-12(18)8-21-24/h2-4,7-9H,5-6,10H2,1H3,(H,19,25)(H,20,26). The molecule has 10 nitrogen and oxygen atoms in total. The predicted octanol–water partition coefficient (Wildman–Crippen LogP) is 1.09. The second-order valence-corrected chi connectivity index (χ2v) is 6.86. The molecule has 0 unspecified atom stereocenters. The first-order valence-electron chi connectivity index (χ1n) is 8.26. The highest BCUT2D eigenvalue weighted by molar-refractivity contribution is 14.1. The zero-order chi connectivity index (χ0) is 19.9. The molecule has 0 aliphatic rings. The van der Waals surface area contributed by atoms with Crippen molar-refractivity contribution in [3.05, 3.63) is 57.5 Å². The van der Waals surface area contributed by atoms with E-state index in [4.69, 9.17) is 9.26 Å². The van der Waals surface area contributed by atoms with Crippen molar-refractivity contribution in [3.63, 3.8) is 0 Å². The van der Waals surface area contributed by atoms with E-state index in [1.54, 1.807) is 35.1 Å². The Bertz CT molecular complexity index is 970. The molecule has 0 aliphatic carbocycles. The average Bonchev–Trinajstić information content (AvgIpc) is 3.34. The van der Waals surface area contributed by atoms with E-state index in [9.17, 15) is 9.59 Å². The van der Waals surface area contributed by atoms with Crippen molar-refractivity contribution in [2.45, 2.75) is 6.54 Å². The smallest absolute Gasteiger partial charge is 0.316 e. The zero-order valence-electron chi connectivity index (χ0n) is 14.9. The molecule has 3 rings (SSSR count). The van der Waals surface area contributed by atoms with E-state index in [0.717, 1.165) is 3.57 Å². The van der Waals surface area contributed by atoms with Crippen LogP contribution >= 0.6 is 22.6 Å². The molecule has 2 aromatic heterocycles. The molecule has 0 saturated carbocycles. The highest BCUT2D eigenvalue weighted by Crippen LogP contribution is 2.12. The minimum atomic E-state index is -0.510. The van der Waals surface area contributed by atoms with Crippen molar-refractivity contribution in [3.8, 4) is 5.75 Å². The molecule has 0 atom stereocenters. The molecule has 28 heavy (non-hydrogen) atoms. The van der Waals surface area contributed by atoms with Crippen molar-refractivity contribution < 1.29 is 18.8 Å². The third-order valence-electron chi connectivity index (χ3n) is 3.60. The quantitative estimate of drug-likeness (QED) is 0.354. The van der Waals surface area contributed by atoms with Gasteiger partial charge in [0.05, 0.1) is 16.9 Å². The molecule has 3 aromatic rings. The fourth-order valence-corrected chi connectivity index (χ4v) is 2.72. The number of methoxy groups -OCH3 is 1. The number of nitrogens with one attached hydrogen (secondary N) is 2. The molecule has 2 amide bonds. The summed E-state index contributed by atoms with van der Waals surface area (Å²) >= 11 is 2.14. The Hall–Kier alpha value is -2.96. The number of halogens is 1. The van der Waals surface area contributed by atoms with E-state index in [2.05, 4.69) is 48.5 Å². The van der Waals surface area contributed by atoms with Gasteiger partial charge in [-0.2, -0.15) is 10.1 Å². The summed E-state index contributed by atoms with van der Waals surface area (Å²) in [5.41, 5.74) is 0.473. The maximum Gasteiger partial charge on any atom is 0.316 e. The number of carbonyl (C=O) groups excluding carboxylic acids is 2. The number of hydrogen-bond donors (Lipinski definition) is 2. The number of rotatable bonds is 8. The second-order valence-electron chi connectivity index (χ2n) is 5.62. The van der Waals surface area contributed by atoms with Crippen LogP contribution in [0.25, 0.3) is 0 Å². The largest absolute Gasteiger partial charge is 0.497 e. The van der Waals surface area contributed by atoms with E-state index < -0.39 is 5.91 Å². The number of nitrogens with zero attached hydrogens (tertiary/aromatic N) is 4. The molecule has 1 aromatic carbocycles. The van der Waals surface area contributed by atoms with Crippen LogP contribution < -0.4 is 15.4 Å². The lowest BCUT2D eigenvalue weighted by Gasteiger charge is -2.07. The third-order valence-corrected chi connectivity index (χ3v) is 4.15. The number of benzene rings is 1. The van der Waals surface area contributed by atoms with Gasteiger partial charge in [0, 0.05) is 24.8 Å². The Balaban J connectivity index is 1.43. The number of ether oxygens (including phenoxy) is 1. The minimum Gasteiger partial charge on any atom is -0.497 e. The molecule has 0 spiro atoms. The summed E-state index contributed by atoms with van der Waals surface area (Å²) in [6.45, 7) is 0.758. The summed E-state index contributed by atoms with van der Waals surface area (Å²) in [5, 5.41) is 13.2. The molecular formula is C17H17IN6O4. The van der Waals surface area contributed by atoms with E-state index >= 15 is 0 Å². The number of amides is 2. The lowest BCUT2D eigenvalue weighted by Crippen LogP contribution is -2.34. The van der Waals surface area contributed by atoms with Gasteiger partial charge in [0.1, 0.15) is 12.3 Å². The van der Waals surface area contributed by atoms with Gasteiger partial charge in [-0.1, -0.05) is 11.2 Å². The fourth-order valence-electron chi connectivity index (χ4n) is 2.27. The molecule has 0 bridgehead atoms. The van der Waals surface area contributed by atoms with Crippen LogP contribution in [0.2, 0.25) is 0 Å².